The van der Waals surface area contributed by atoms with Crippen LogP contribution < -0.4 is 11.5 Å². The monoisotopic (exact) mass is 323 g/mol. The Bertz CT molecular complexity index is 732. The van der Waals surface area contributed by atoms with Crippen LogP contribution in [-0.2, 0) is 6.54 Å². The number of anilines is 2. The average molecular weight is 324 g/mol. The molecule has 2 aromatic carbocycles. The molecule has 0 bridgehead atoms. The average Bonchev–Trinajstić information content (AvgIpc) is 3.15. The van der Waals surface area contributed by atoms with Gasteiger partial charge in [0.15, 0.2) is 0 Å². The maximum atomic E-state index is 5.95. The molecule has 0 unspecified atom stereocenters. The van der Waals surface area contributed by atoms with Crippen LogP contribution in [0.3, 0.4) is 0 Å². The highest BCUT2D eigenvalue weighted by Gasteiger charge is 2.23. The van der Waals surface area contributed by atoms with Gasteiger partial charge < -0.3 is 16.0 Å². The summed E-state index contributed by atoms with van der Waals surface area (Å²) in [5.41, 5.74) is 16.0. The van der Waals surface area contributed by atoms with Gasteiger partial charge in [0.1, 0.15) is 0 Å². The largest absolute Gasteiger partial charge is 0.399 e. The number of rotatable bonds is 2. The summed E-state index contributed by atoms with van der Waals surface area (Å²) in [4.78, 5) is 0. The molecular formula is C16H19Cl2N3. The number of aromatic nitrogens is 1. The van der Waals surface area contributed by atoms with Crippen molar-refractivity contribution in [2.45, 2.75) is 19.4 Å². The Kier molecular flexibility index (Phi) is 4.26. The minimum Gasteiger partial charge on any atom is -0.399 e. The van der Waals surface area contributed by atoms with Crippen LogP contribution in [0.2, 0.25) is 0 Å². The molecule has 0 amide bonds. The molecule has 4 N–H and O–H groups in total. The predicted octanol–water partition coefficient (Wildman–Crippen LogP) is 4.21. The van der Waals surface area contributed by atoms with Gasteiger partial charge in [-0.05, 0) is 43.0 Å². The third-order valence-corrected chi connectivity index (χ3v) is 4.05. The number of hydrogen-bond acceptors (Lipinski definition) is 2. The van der Waals surface area contributed by atoms with Crippen molar-refractivity contribution in [1.82, 2.24) is 4.57 Å². The highest BCUT2D eigenvalue weighted by atomic mass is 35.5. The van der Waals surface area contributed by atoms with Gasteiger partial charge in [0.25, 0.3) is 0 Å². The van der Waals surface area contributed by atoms with Crippen molar-refractivity contribution in [3.8, 4) is 0 Å². The van der Waals surface area contributed by atoms with Crippen LogP contribution in [-0.4, -0.2) is 4.57 Å². The lowest BCUT2D eigenvalue weighted by molar-refractivity contribution is 0.664. The highest BCUT2D eigenvalue weighted by Crippen LogP contribution is 2.36. The number of nitrogen functional groups attached to an aromatic ring is 2. The van der Waals surface area contributed by atoms with E-state index in [0.29, 0.717) is 0 Å². The van der Waals surface area contributed by atoms with Gasteiger partial charge >= 0.3 is 0 Å². The molecule has 1 saturated carbocycles. The van der Waals surface area contributed by atoms with E-state index in [4.69, 9.17) is 11.5 Å². The second kappa shape index (κ2) is 5.66. The van der Waals surface area contributed by atoms with E-state index in [1.165, 1.54) is 34.6 Å². The first-order valence-corrected chi connectivity index (χ1v) is 6.79. The first-order chi connectivity index (χ1) is 9.22. The summed E-state index contributed by atoms with van der Waals surface area (Å²) in [7, 11) is 0. The molecule has 21 heavy (non-hydrogen) atoms. The van der Waals surface area contributed by atoms with Gasteiger partial charge in [-0.3, -0.25) is 0 Å². The summed E-state index contributed by atoms with van der Waals surface area (Å²) in [5, 5.41) is 2.54. The van der Waals surface area contributed by atoms with Gasteiger partial charge in [0.2, 0.25) is 0 Å². The van der Waals surface area contributed by atoms with Gasteiger partial charge in [-0.15, -0.1) is 24.8 Å². The van der Waals surface area contributed by atoms with Crippen molar-refractivity contribution < 1.29 is 0 Å². The highest BCUT2D eigenvalue weighted by molar-refractivity contribution is 6.09. The van der Waals surface area contributed by atoms with Crippen LogP contribution >= 0.6 is 24.8 Å². The van der Waals surface area contributed by atoms with Crippen molar-refractivity contribution in [2.24, 2.45) is 5.92 Å². The third kappa shape index (κ3) is 2.63. The Morgan fingerprint density at radius 3 is 1.76 bits per heavy atom. The lowest BCUT2D eigenvalue weighted by atomic mass is 10.1. The standard InChI is InChI=1S/C16H17N3.2ClH/c17-11-3-5-13-14-6-4-12(18)8-16(14)19(15(13)7-11)9-10-1-2-10;;/h3-8,10H,1-2,9,17-18H2;2*1H. The van der Waals surface area contributed by atoms with Gasteiger partial charge in [-0.1, -0.05) is 12.1 Å². The van der Waals surface area contributed by atoms with Crippen LogP contribution in [0.15, 0.2) is 36.4 Å². The molecule has 1 heterocycles. The van der Waals surface area contributed by atoms with E-state index in [2.05, 4.69) is 28.8 Å². The van der Waals surface area contributed by atoms with Crippen LogP contribution in [0, 0.1) is 5.92 Å². The second-order valence-corrected chi connectivity index (χ2v) is 5.61. The van der Waals surface area contributed by atoms with Crippen molar-refractivity contribution in [1.29, 1.82) is 0 Å². The summed E-state index contributed by atoms with van der Waals surface area (Å²) < 4.78 is 2.38. The molecule has 1 aliphatic carbocycles. The minimum absolute atomic E-state index is 0. The number of halogens is 2. The topological polar surface area (TPSA) is 57.0 Å². The van der Waals surface area contributed by atoms with Gasteiger partial charge in [0, 0.05) is 28.7 Å². The summed E-state index contributed by atoms with van der Waals surface area (Å²) in [5.74, 6) is 0.821. The van der Waals surface area contributed by atoms with E-state index < -0.39 is 0 Å². The number of nitrogens with two attached hydrogens (primary N) is 2. The normalized spacial score (nSPS) is 13.9. The second-order valence-electron chi connectivity index (χ2n) is 5.61. The third-order valence-electron chi connectivity index (χ3n) is 4.05. The Balaban J connectivity index is 0.000000807. The quantitative estimate of drug-likeness (QED) is 0.694. The fourth-order valence-corrected chi connectivity index (χ4v) is 2.88. The molecule has 3 aromatic rings. The Hall–Kier alpha value is -1.58. The zero-order valence-corrected chi connectivity index (χ0v) is 13.2. The van der Waals surface area contributed by atoms with Crippen molar-refractivity contribution in [2.75, 3.05) is 11.5 Å². The Labute approximate surface area is 136 Å². The summed E-state index contributed by atoms with van der Waals surface area (Å²) in [6, 6.07) is 12.3. The molecule has 0 saturated heterocycles. The molecule has 0 spiro atoms. The number of benzene rings is 2. The van der Waals surface area contributed by atoms with Crippen LogP contribution in [0.4, 0.5) is 11.4 Å². The van der Waals surface area contributed by atoms with Gasteiger partial charge in [-0.25, -0.2) is 0 Å². The molecular weight excluding hydrogens is 305 g/mol. The number of nitrogens with zero attached hydrogens (tertiary/aromatic N) is 1. The van der Waals surface area contributed by atoms with E-state index >= 15 is 0 Å². The van der Waals surface area contributed by atoms with E-state index in [-0.39, 0.29) is 24.8 Å². The van der Waals surface area contributed by atoms with Crippen molar-refractivity contribution in [3.63, 3.8) is 0 Å². The maximum Gasteiger partial charge on any atom is 0.0512 e. The van der Waals surface area contributed by atoms with Crippen LogP contribution in [0.5, 0.6) is 0 Å². The van der Waals surface area contributed by atoms with Crippen molar-refractivity contribution >= 4 is 58.0 Å². The summed E-state index contributed by atoms with van der Waals surface area (Å²) >= 11 is 0. The minimum atomic E-state index is 0. The molecule has 1 fully saturated rings. The zero-order chi connectivity index (χ0) is 13.0. The number of hydrogen-bond donors (Lipinski definition) is 2. The molecule has 3 nitrogen and oxygen atoms in total. The van der Waals surface area contributed by atoms with Gasteiger partial charge in [-0.2, -0.15) is 0 Å². The fraction of sp³-hybridized carbons (Fsp3) is 0.250. The molecule has 5 heteroatoms. The molecule has 0 atom stereocenters. The molecule has 0 aliphatic heterocycles. The Morgan fingerprint density at radius 2 is 1.33 bits per heavy atom. The number of fused-ring (bicyclic) bond motifs is 3. The van der Waals surface area contributed by atoms with Crippen LogP contribution in [0.25, 0.3) is 21.8 Å². The predicted molar refractivity (Wildman–Crippen MR) is 95.5 cm³/mol. The van der Waals surface area contributed by atoms with E-state index in [1.54, 1.807) is 0 Å². The molecule has 4 rings (SSSR count). The van der Waals surface area contributed by atoms with E-state index in [1.807, 2.05) is 12.1 Å². The van der Waals surface area contributed by atoms with Crippen LogP contribution in [0.1, 0.15) is 12.8 Å². The smallest absolute Gasteiger partial charge is 0.0512 e. The summed E-state index contributed by atoms with van der Waals surface area (Å²) in [6.45, 7) is 1.08. The fourth-order valence-electron chi connectivity index (χ4n) is 2.88. The van der Waals surface area contributed by atoms with Gasteiger partial charge in [0.05, 0.1) is 11.0 Å². The van der Waals surface area contributed by atoms with E-state index in [0.717, 1.165) is 23.8 Å². The molecule has 1 aliphatic rings. The zero-order valence-electron chi connectivity index (χ0n) is 11.6. The first kappa shape index (κ1) is 15.8. The SMILES string of the molecule is Cl.Cl.Nc1ccc2c3ccc(N)cc3n(CC3CC3)c2c1. The molecule has 112 valence electrons. The van der Waals surface area contributed by atoms with E-state index in [9.17, 15) is 0 Å². The maximum absolute atomic E-state index is 5.95. The Morgan fingerprint density at radius 1 is 0.857 bits per heavy atom. The molecule has 0 radical (unpaired) electrons. The first-order valence-electron chi connectivity index (χ1n) is 6.79. The molecule has 1 aromatic heterocycles. The lowest BCUT2D eigenvalue weighted by Gasteiger charge is -2.06. The van der Waals surface area contributed by atoms with Crippen molar-refractivity contribution in [3.05, 3.63) is 36.4 Å². The lowest BCUT2D eigenvalue weighted by Crippen LogP contribution is -2.00. The summed E-state index contributed by atoms with van der Waals surface area (Å²) in [6.07, 6.45) is 2.68.